The molecule has 1 aliphatic carbocycles. The molecule has 2 aromatic carbocycles. The van der Waals surface area contributed by atoms with E-state index in [2.05, 4.69) is 25.7 Å². The zero-order valence-corrected chi connectivity index (χ0v) is 19.6. The second-order valence-electron chi connectivity index (χ2n) is 9.46. The van der Waals surface area contributed by atoms with Crippen LogP contribution < -0.4 is 5.32 Å². The largest absolute Gasteiger partial charge is 0.435 e. The van der Waals surface area contributed by atoms with Crippen molar-refractivity contribution >= 4 is 45.0 Å². The second kappa shape index (κ2) is 7.98. The molecule has 7 rings (SSSR count). The summed E-state index contributed by atoms with van der Waals surface area (Å²) >= 11 is 0. The Balaban J connectivity index is 1.50. The van der Waals surface area contributed by atoms with Gasteiger partial charge in [-0.2, -0.15) is 23.4 Å². The topological polar surface area (TPSA) is 99.4 Å². The predicted octanol–water partition coefficient (Wildman–Crippen LogP) is 6.03. The summed E-state index contributed by atoms with van der Waals surface area (Å²) in [4.78, 5) is 17.5. The fraction of sp³-hybridized carbons (Fsp3) is 0.185. The molecule has 0 radical (unpaired) electrons. The van der Waals surface area contributed by atoms with Gasteiger partial charge in [-0.25, -0.2) is 9.37 Å². The Morgan fingerprint density at radius 1 is 0.947 bits per heavy atom. The number of hydrogen-bond donors (Lipinski definition) is 3. The SMILES string of the molecule is O=C1Nc2ccc(F)cc2/C1=C/c1n[nH]c2ccc3nc(-c4c[nH]nc4C(F)(F)F)c4c(c3c12)CCCC4. The molecular weight excluding hydrogens is 500 g/mol. The maximum Gasteiger partial charge on any atom is 0.435 e. The molecule has 3 aromatic heterocycles. The number of nitrogens with zero attached hydrogens (tertiary/aromatic N) is 3. The van der Waals surface area contributed by atoms with Gasteiger partial charge in [0, 0.05) is 28.2 Å². The molecule has 0 spiro atoms. The smallest absolute Gasteiger partial charge is 0.321 e. The monoisotopic (exact) mass is 518 g/mol. The number of benzene rings is 2. The van der Waals surface area contributed by atoms with E-state index >= 15 is 0 Å². The average Bonchev–Trinajstić information content (AvgIpc) is 3.61. The molecule has 7 nitrogen and oxygen atoms in total. The number of aromatic amines is 2. The number of nitrogens with one attached hydrogen (secondary N) is 3. The molecule has 0 saturated carbocycles. The number of H-pyrrole nitrogens is 2. The standard InChI is InChI=1S/C27H18F4N6O/c28-12-5-6-18-15(9-12)16(26(38)34-18)10-21-23-20(35-36-21)8-7-19-22(23)13-3-1-2-4-14(13)24(33-19)17-11-32-37-25(17)27(29,30)31/h5-11H,1-4H2,(H,32,37)(H,34,38)(H,35,36)/b16-10-. The van der Waals surface area contributed by atoms with Crippen LogP contribution in [-0.2, 0) is 23.8 Å². The van der Waals surface area contributed by atoms with Crippen molar-refractivity contribution < 1.29 is 22.4 Å². The van der Waals surface area contributed by atoms with Crippen molar-refractivity contribution in [2.24, 2.45) is 0 Å². The van der Waals surface area contributed by atoms with Gasteiger partial charge in [0.15, 0.2) is 5.69 Å². The summed E-state index contributed by atoms with van der Waals surface area (Å²) in [5, 5.41) is 17.5. The van der Waals surface area contributed by atoms with Crippen LogP contribution in [0.25, 0.3) is 44.7 Å². The fourth-order valence-electron chi connectivity index (χ4n) is 5.61. The van der Waals surface area contributed by atoms with Gasteiger partial charge < -0.3 is 5.32 Å². The lowest BCUT2D eigenvalue weighted by Gasteiger charge is -2.22. The molecule has 5 aromatic rings. The molecule has 0 fully saturated rings. The van der Waals surface area contributed by atoms with Crippen LogP contribution >= 0.6 is 0 Å². The van der Waals surface area contributed by atoms with Gasteiger partial charge in [0.05, 0.1) is 33.6 Å². The summed E-state index contributed by atoms with van der Waals surface area (Å²) in [6.45, 7) is 0. The van der Waals surface area contributed by atoms with Crippen LogP contribution in [0.2, 0.25) is 0 Å². The fourth-order valence-corrected chi connectivity index (χ4v) is 5.61. The van der Waals surface area contributed by atoms with Crippen molar-refractivity contribution in [3.63, 3.8) is 0 Å². The van der Waals surface area contributed by atoms with E-state index in [-0.39, 0.29) is 22.7 Å². The number of halogens is 4. The zero-order chi connectivity index (χ0) is 26.2. The molecule has 190 valence electrons. The highest BCUT2D eigenvalue weighted by Crippen LogP contribution is 2.43. The number of aromatic nitrogens is 5. The van der Waals surface area contributed by atoms with E-state index in [1.54, 1.807) is 18.2 Å². The second-order valence-corrected chi connectivity index (χ2v) is 9.46. The van der Waals surface area contributed by atoms with Crippen LogP contribution in [0.3, 0.4) is 0 Å². The van der Waals surface area contributed by atoms with Gasteiger partial charge in [-0.15, -0.1) is 0 Å². The Morgan fingerprint density at radius 3 is 2.58 bits per heavy atom. The Bertz CT molecular complexity index is 1830. The first-order valence-electron chi connectivity index (χ1n) is 12.1. The number of carbonyl (C=O) groups excluding carboxylic acids is 1. The van der Waals surface area contributed by atoms with E-state index in [9.17, 15) is 22.4 Å². The third kappa shape index (κ3) is 3.34. The molecular formula is C27H18F4N6O. The number of aryl methyl sites for hydroxylation is 1. The summed E-state index contributed by atoms with van der Waals surface area (Å²) in [6, 6.07) is 7.60. The lowest BCUT2D eigenvalue weighted by atomic mass is 9.85. The van der Waals surface area contributed by atoms with Crippen molar-refractivity contribution in [3.05, 3.63) is 70.4 Å². The van der Waals surface area contributed by atoms with E-state index in [4.69, 9.17) is 4.98 Å². The molecule has 0 unspecified atom stereocenters. The van der Waals surface area contributed by atoms with E-state index < -0.39 is 17.7 Å². The number of alkyl halides is 3. The van der Waals surface area contributed by atoms with E-state index in [1.807, 2.05) is 0 Å². The Kier molecular flexibility index (Phi) is 4.75. The van der Waals surface area contributed by atoms with Gasteiger partial charge in [0.25, 0.3) is 5.91 Å². The Morgan fingerprint density at radius 2 is 1.76 bits per heavy atom. The highest BCUT2D eigenvalue weighted by Gasteiger charge is 2.38. The third-order valence-electron chi connectivity index (χ3n) is 7.23. The summed E-state index contributed by atoms with van der Waals surface area (Å²) in [5.74, 6) is -0.837. The van der Waals surface area contributed by atoms with Gasteiger partial charge in [-0.1, -0.05) is 0 Å². The molecule has 1 aliphatic heterocycles. The normalized spacial score (nSPS) is 16.3. The highest BCUT2D eigenvalue weighted by molar-refractivity contribution is 6.35. The van der Waals surface area contributed by atoms with E-state index in [0.29, 0.717) is 46.2 Å². The van der Waals surface area contributed by atoms with Crippen LogP contribution in [0.5, 0.6) is 0 Å². The molecule has 0 bridgehead atoms. The first kappa shape index (κ1) is 22.6. The molecule has 4 heterocycles. The number of pyridine rings is 1. The zero-order valence-electron chi connectivity index (χ0n) is 19.6. The molecule has 0 atom stereocenters. The minimum Gasteiger partial charge on any atom is -0.321 e. The van der Waals surface area contributed by atoms with Crippen LogP contribution in [0.15, 0.2) is 36.5 Å². The predicted molar refractivity (Wildman–Crippen MR) is 134 cm³/mol. The average molecular weight is 518 g/mol. The van der Waals surface area contributed by atoms with Crippen LogP contribution in [0, 0.1) is 5.82 Å². The maximum absolute atomic E-state index is 14.0. The van der Waals surface area contributed by atoms with Gasteiger partial charge in [-0.05, 0) is 73.2 Å². The number of anilines is 1. The van der Waals surface area contributed by atoms with Crippen LogP contribution in [0.1, 0.15) is 40.9 Å². The molecule has 1 amide bonds. The first-order chi connectivity index (χ1) is 18.3. The van der Waals surface area contributed by atoms with Gasteiger partial charge in [0.1, 0.15) is 5.82 Å². The Hall–Kier alpha value is -4.54. The Labute approximate surface area is 212 Å². The van der Waals surface area contributed by atoms with Gasteiger partial charge >= 0.3 is 6.18 Å². The molecule has 38 heavy (non-hydrogen) atoms. The van der Waals surface area contributed by atoms with Crippen molar-refractivity contribution in [1.29, 1.82) is 0 Å². The molecule has 0 saturated heterocycles. The summed E-state index contributed by atoms with van der Waals surface area (Å²) in [5.41, 5.74) is 3.79. The number of rotatable bonds is 2. The van der Waals surface area contributed by atoms with E-state index in [0.717, 1.165) is 29.4 Å². The number of fused-ring (bicyclic) bond motifs is 6. The third-order valence-corrected chi connectivity index (χ3v) is 7.23. The van der Waals surface area contributed by atoms with Crippen molar-refractivity contribution in [1.82, 2.24) is 25.4 Å². The molecule has 3 N–H and O–H groups in total. The van der Waals surface area contributed by atoms with Crippen molar-refractivity contribution in [2.75, 3.05) is 5.32 Å². The van der Waals surface area contributed by atoms with Gasteiger partial charge in [0.2, 0.25) is 0 Å². The van der Waals surface area contributed by atoms with E-state index in [1.165, 1.54) is 24.4 Å². The summed E-state index contributed by atoms with van der Waals surface area (Å²) in [7, 11) is 0. The first-order valence-corrected chi connectivity index (χ1v) is 12.1. The highest BCUT2D eigenvalue weighted by atomic mass is 19.4. The van der Waals surface area contributed by atoms with Gasteiger partial charge in [-0.3, -0.25) is 15.0 Å². The quantitative estimate of drug-likeness (QED) is 0.196. The number of amides is 1. The minimum atomic E-state index is -4.63. The maximum atomic E-state index is 14.0. The number of hydrogen-bond acceptors (Lipinski definition) is 4. The minimum absolute atomic E-state index is 0.0755. The summed E-state index contributed by atoms with van der Waals surface area (Å²) < 4.78 is 55.1. The molecule has 11 heteroatoms. The lowest BCUT2D eigenvalue weighted by Crippen LogP contribution is -2.11. The number of carbonyl (C=O) groups is 1. The van der Waals surface area contributed by atoms with Crippen molar-refractivity contribution in [3.8, 4) is 11.3 Å². The van der Waals surface area contributed by atoms with Crippen LogP contribution in [-0.4, -0.2) is 31.3 Å². The van der Waals surface area contributed by atoms with Crippen molar-refractivity contribution in [2.45, 2.75) is 31.9 Å². The molecule has 2 aliphatic rings. The van der Waals surface area contributed by atoms with Crippen LogP contribution in [0.4, 0.5) is 23.2 Å². The summed E-state index contributed by atoms with van der Waals surface area (Å²) in [6.07, 6.45) is 1.17. The lowest BCUT2D eigenvalue weighted by molar-refractivity contribution is -0.140.